The molecule has 17 heteroatoms. The molecule has 0 aliphatic rings. The molecule has 0 saturated carbocycles. The van der Waals surface area contributed by atoms with Gasteiger partial charge in [0.25, 0.3) is 0 Å². The Bertz CT molecular complexity index is 1130. The van der Waals surface area contributed by atoms with Crippen LogP contribution in [-0.2, 0) is 299 Å². The quantitative estimate of drug-likeness (QED) is 0.0394. The zero-order valence-electron chi connectivity index (χ0n) is 54.2. The zero-order valence-corrected chi connectivity index (χ0v) is 78.0. The van der Waals surface area contributed by atoms with Gasteiger partial charge in [0.1, 0.15) is 0 Å². The van der Waals surface area contributed by atoms with E-state index in [4.69, 9.17) is 93.5 Å². The van der Waals surface area contributed by atoms with E-state index in [1.807, 2.05) is 18.2 Å². The van der Waals surface area contributed by atoms with E-state index in [0.717, 1.165) is 84.5 Å². The first-order valence-corrected chi connectivity index (χ1v) is 36.8. The summed E-state index contributed by atoms with van der Waals surface area (Å²) in [6.45, 7) is 13.6. The molecule has 542 valence electrons. The Morgan fingerprint density at radius 2 is 0.459 bits per heavy atom. The van der Waals surface area contributed by atoms with E-state index in [0.29, 0.717) is 6.61 Å². The first-order valence-electron chi connectivity index (χ1n) is 32.2. The molecule has 0 radical (unpaired) electrons. The third-order valence-electron chi connectivity index (χ3n) is 12.6. The van der Waals surface area contributed by atoms with Gasteiger partial charge in [-0.3, -0.25) is 0 Å². The Morgan fingerprint density at radius 3 is 0.659 bits per heavy atom. The number of benzene rings is 2. The second kappa shape index (κ2) is 131. The molecule has 0 spiro atoms. The summed E-state index contributed by atoms with van der Waals surface area (Å²) in [4.78, 5) is 0. The van der Waals surface area contributed by atoms with Crippen LogP contribution in [0.25, 0.3) is 0 Å². The zero-order chi connectivity index (χ0) is 58.5. The number of hydrogen-bond donors (Lipinski definition) is 1. The molecule has 2 aromatic carbocycles. The van der Waals surface area contributed by atoms with E-state index in [1.165, 1.54) is 241 Å². The van der Waals surface area contributed by atoms with Gasteiger partial charge in [0.2, 0.25) is 0 Å². The Kier molecular flexibility index (Phi) is 193. The topological polar surface area (TPSA) is 20.2 Å². The van der Waals surface area contributed by atoms with Gasteiger partial charge in [0.15, 0.2) is 0 Å². The van der Waals surface area contributed by atoms with Gasteiger partial charge in [0, 0.05) is 6.61 Å². The van der Waals surface area contributed by atoms with Gasteiger partial charge in [0.05, 0.1) is 0 Å². The molecule has 1 nitrogen and oxygen atoms in total. The first-order chi connectivity index (χ1) is 37.8. The molecular formula is C68H128Au8OS8. The molecule has 0 unspecified atom stereocenters. The molecule has 2 rings (SSSR count). The van der Waals surface area contributed by atoms with Crippen molar-refractivity contribution in [1.29, 1.82) is 0 Å². The average Bonchev–Trinajstić information content (AvgIpc) is 3.46. The van der Waals surface area contributed by atoms with Gasteiger partial charge < -0.3 is 106 Å². The Hall–Kier alpha value is 7.12. The van der Waals surface area contributed by atoms with E-state index in [2.05, 4.69) is 90.6 Å². The Balaban J connectivity index is -0.0000000570. The summed E-state index contributed by atoms with van der Waals surface area (Å²) in [6.07, 6.45) is 55.1. The number of rotatable bonds is 44. The van der Waals surface area contributed by atoms with Crippen molar-refractivity contribution in [2.75, 3.05) is 46.9 Å². The monoisotopic (exact) mass is 2790 g/mol. The van der Waals surface area contributed by atoms with Crippen molar-refractivity contribution in [1.82, 2.24) is 0 Å². The van der Waals surface area contributed by atoms with Crippen molar-refractivity contribution in [3.63, 3.8) is 0 Å². The molecule has 0 amide bonds. The summed E-state index contributed by atoms with van der Waals surface area (Å²) in [5.41, 5.74) is 3.96. The molecule has 0 aliphatic heterocycles. The molecule has 0 saturated heterocycles. The SMILES string of the molecule is CCCCCCCCCCCCCCCC[S-].CCCCCCCCCCCC[S-].CCCCCCCC[S-].CCCCCC[S-].CCC[S-].CCc1ccc(C[S-])cc1.OCCCCCC[S-].[Au+].[Au+].[Au+].[Au+].[Au+].[Au+].[Au+].[Au+].[S-]CCc1ccccc1. The Morgan fingerprint density at radius 1 is 0.235 bits per heavy atom. The Labute approximate surface area is 703 Å². The van der Waals surface area contributed by atoms with Crippen LogP contribution in [0.2, 0.25) is 0 Å². The van der Waals surface area contributed by atoms with Crippen LogP contribution in [0.4, 0.5) is 0 Å². The van der Waals surface area contributed by atoms with E-state index in [9.17, 15) is 0 Å². The normalized spacial score (nSPS) is 9.07. The molecule has 2 aromatic rings. The van der Waals surface area contributed by atoms with Crippen molar-refractivity contribution in [3.05, 3.63) is 71.3 Å². The minimum absolute atomic E-state index is 0. The van der Waals surface area contributed by atoms with Crippen LogP contribution in [0.1, 0.15) is 309 Å². The van der Waals surface area contributed by atoms with Crippen LogP contribution in [0.5, 0.6) is 0 Å². The number of unbranched alkanes of at least 4 members (excludes halogenated alkanes) is 33. The maximum absolute atomic E-state index is 8.34. The van der Waals surface area contributed by atoms with Gasteiger partial charge in [-0.2, -0.15) is 46.0 Å². The van der Waals surface area contributed by atoms with Crippen molar-refractivity contribution in [3.8, 4) is 0 Å². The van der Waals surface area contributed by atoms with Crippen molar-refractivity contribution >= 4 is 101 Å². The van der Waals surface area contributed by atoms with E-state index in [1.54, 1.807) is 0 Å². The molecule has 1 N–H and O–H groups in total. The number of aliphatic hydroxyl groups excluding tert-OH is 1. The predicted octanol–water partition coefficient (Wildman–Crippen LogP) is 21.6. The standard InChI is InChI=1S/C16H34S.C12H26S.C9H12S.C8H10S.C8H18S.C6H14OS.C6H14S.C3H8S.8Au/c1-2-3-4-5-6-7-8-9-10-11-12-13-14-15-16-17;1-2-3-4-5-6-7-8-9-10-11-12-13;1-2-8-3-5-9(7-10)6-4-8;9-7-6-8-4-2-1-3-5-8;1-2-3-4-5-6-7-8-9;7-5-3-1-2-4-6-8;1-2-3-4-5-6-7;1-2-3-4;;;;;;;;/h17H,2-16H2,1H3;13H,2-12H2,1H3;3-6,10H,2,7H2,1H3;1-5,9H,6-7H2;9H,2-8H2,1H3;7-8H,1-6H2;7H,2-6H2,1H3;4H,2-3H2,1H3;;;;;;;;/q;;;;;;;;8*+1/p-8. The van der Waals surface area contributed by atoms with Crippen LogP contribution in [0.15, 0.2) is 54.6 Å². The third-order valence-corrected chi connectivity index (χ3v) is 15.0. The molecule has 85 heavy (non-hydrogen) atoms. The molecule has 0 aromatic heterocycles. The van der Waals surface area contributed by atoms with Crippen LogP contribution in [0, 0.1) is 0 Å². The largest absolute Gasteiger partial charge is 1.00 e. The van der Waals surface area contributed by atoms with E-state index >= 15 is 0 Å². The van der Waals surface area contributed by atoms with Crippen molar-refractivity contribution in [2.45, 2.75) is 311 Å². The minimum atomic E-state index is 0. The number of hydrogen-bond acceptors (Lipinski definition) is 9. The second-order valence-electron chi connectivity index (χ2n) is 20.2. The first kappa shape index (κ1) is 125. The van der Waals surface area contributed by atoms with Gasteiger partial charge in [-0.25, -0.2) is 0 Å². The summed E-state index contributed by atoms with van der Waals surface area (Å²) < 4.78 is 0. The summed E-state index contributed by atoms with van der Waals surface area (Å²) in [5.74, 6) is 7.13. The molecule has 0 fully saturated rings. The minimum Gasteiger partial charge on any atom is -0.793 e. The fourth-order valence-electron chi connectivity index (χ4n) is 7.50. The van der Waals surface area contributed by atoms with Gasteiger partial charge in [-0.15, -0.1) is 0 Å². The van der Waals surface area contributed by atoms with Crippen LogP contribution >= 0.6 is 0 Å². The smallest absolute Gasteiger partial charge is 0.793 e. The number of aryl methyl sites for hydroxylation is 2. The summed E-state index contributed by atoms with van der Waals surface area (Å²) >= 11 is 38.5. The maximum atomic E-state index is 8.34. The molecule has 0 atom stereocenters. The van der Waals surface area contributed by atoms with Crippen LogP contribution in [0.3, 0.4) is 0 Å². The maximum Gasteiger partial charge on any atom is 1.00 e. The predicted molar refractivity (Wildman–Crippen MR) is 378 cm³/mol. The van der Waals surface area contributed by atoms with E-state index in [-0.39, 0.29) is 179 Å². The average molecular weight is 2790 g/mol. The molecule has 0 aliphatic carbocycles. The van der Waals surface area contributed by atoms with Crippen LogP contribution < -0.4 is 0 Å². The van der Waals surface area contributed by atoms with Crippen molar-refractivity contribution < 1.29 is 184 Å². The third kappa shape index (κ3) is 139. The molecule has 0 bridgehead atoms. The summed E-state index contributed by atoms with van der Waals surface area (Å²) in [5, 5.41) is 8.34. The van der Waals surface area contributed by atoms with Crippen molar-refractivity contribution in [2.24, 2.45) is 0 Å². The number of aliphatic hydroxyl groups is 1. The summed E-state index contributed by atoms with van der Waals surface area (Å²) in [6, 6.07) is 18.8. The van der Waals surface area contributed by atoms with Crippen LogP contribution in [-0.4, -0.2) is 52.0 Å². The second-order valence-corrected chi connectivity index (χ2v) is 23.4. The van der Waals surface area contributed by atoms with Gasteiger partial charge >= 0.3 is 179 Å². The van der Waals surface area contributed by atoms with Gasteiger partial charge in [-0.05, 0) is 30.4 Å². The summed E-state index contributed by atoms with van der Waals surface area (Å²) in [7, 11) is 0. The molecule has 0 heterocycles. The molecular weight excluding hydrogens is 2670 g/mol. The fourth-order valence-corrected chi connectivity index (χ4v) is 8.95. The van der Waals surface area contributed by atoms with E-state index < -0.39 is 0 Å². The fraction of sp³-hybridized carbons (Fsp3) is 0.824. The van der Waals surface area contributed by atoms with Gasteiger partial charge in [-0.1, -0.05) is 346 Å².